The average Bonchev–Trinajstić information content (AvgIpc) is 3.40. The minimum atomic E-state index is -2.14. The van der Waals surface area contributed by atoms with E-state index in [1.807, 2.05) is 0 Å². The SMILES string of the molecule is Cc1cn[nH]c1N1CC(S(=O)O)C[C@H]1C(=O)N[C@@H](Cc1ccc(OC(=O)N(C)C)cc1)C(=O)O. The largest absolute Gasteiger partial charge is 0.480 e. The van der Waals surface area contributed by atoms with E-state index in [-0.39, 0.29) is 19.4 Å². The molecule has 4 N–H and O–H groups in total. The molecule has 4 atom stereocenters. The highest BCUT2D eigenvalue weighted by atomic mass is 32.2. The number of nitrogens with one attached hydrogen (secondary N) is 2. The van der Waals surface area contributed by atoms with E-state index < -0.39 is 46.4 Å². The van der Waals surface area contributed by atoms with Crippen molar-refractivity contribution in [3.8, 4) is 5.75 Å². The third-order valence-electron chi connectivity index (χ3n) is 5.49. The first-order valence-electron chi connectivity index (χ1n) is 10.4. The summed E-state index contributed by atoms with van der Waals surface area (Å²) >= 11 is -2.14. The quantitative estimate of drug-likeness (QED) is 0.388. The van der Waals surface area contributed by atoms with E-state index in [4.69, 9.17) is 4.74 Å². The van der Waals surface area contributed by atoms with Gasteiger partial charge in [0, 0.05) is 32.6 Å². The lowest BCUT2D eigenvalue weighted by atomic mass is 10.0. The van der Waals surface area contributed by atoms with Gasteiger partial charge in [-0.05, 0) is 31.0 Å². The van der Waals surface area contributed by atoms with E-state index in [9.17, 15) is 28.3 Å². The molecule has 12 nitrogen and oxygen atoms in total. The number of aromatic amines is 1. The number of hydrogen-bond acceptors (Lipinski definition) is 7. The van der Waals surface area contributed by atoms with Crippen LogP contribution in [0.4, 0.5) is 10.6 Å². The zero-order valence-corrected chi connectivity index (χ0v) is 19.7. The molecule has 1 saturated heterocycles. The number of hydrogen-bond donors (Lipinski definition) is 4. The first kappa shape index (κ1) is 25.2. The maximum atomic E-state index is 13.1. The van der Waals surface area contributed by atoms with Crippen LogP contribution in [-0.2, 0) is 27.1 Å². The molecule has 184 valence electrons. The number of carbonyl (C=O) groups is 3. The molecule has 2 heterocycles. The number of carboxylic acids is 1. The van der Waals surface area contributed by atoms with Gasteiger partial charge in [-0.1, -0.05) is 12.1 Å². The molecule has 0 aliphatic carbocycles. The van der Waals surface area contributed by atoms with E-state index in [2.05, 4.69) is 15.5 Å². The van der Waals surface area contributed by atoms with Gasteiger partial charge in [0.15, 0.2) is 11.1 Å². The molecule has 1 aromatic carbocycles. The van der Waals surface area contributed by atoms with Gasteiger partial charge in [-0.3, -0.25) is 9.89 Å². The summed E-state index contributed by atoms with van der Waals surface area (Å²) in [7, 11) is 3.10. The summed E-state index contributed by atoms with van der Waals surface area (Å²) < 4.78 is 26.4. The van der Waals surface area contributed by atoms with Crippen molar-refractivity contribution in [1.82, 2.24) is 20.4 Å². The first-order chi connectivity index (χ1) is 16.1. The van der Waals surface area contributed by atoms with Crippen LogP contribution in [0.5, 0.6) is 5.75 Å². The minimum absolute atomic E-state index is 0.00581. The maximum Gasteiger partial charge on any atom is 0.414 e. The van der Waals surface area contributed by atoms with Crippen molar-refractivity contribution in [1.29, 1.82) is 0 Å². The highest BCUT2D eigenvalue weighted by Gasteiger charge is 2.41. The van der Waals surface area contributed by atoms with Crippen LogP contribution in [0, 0.1) is 6.92 Å². The van der Waals surface area contributed by atoms with E-state index in [1.54, 1.807) is 56.4 Å². The average molecular weight is 494 g/mol. The fourth-order valence-corrected chi connectivity index (χ4v) is 4.29. The molecule has 1 aromatic heterocycles. The number of aliphatic carboxylic acids is 1. The Bertz CT molecular complexity index is 1070. The molecule has 1 fully saturated rings. The Balaban J connectivity index is 1.71. The summed E-state index contributed by atoms with van der Waals surface area (Å²) in [6.45, 7) is 1.94. The van der Waals surface area contributed by atoms with E-state index in [1.165, 1.54) is 4.90 Å². The molecular weight excluding hydrogens is 466 g/mol. The maximum absolute atomic E-state index is 13.1. The summed E-state index contributed by atoms with van der Waals surface area (Å²) in [6, 6.07) is 4.24. The second kappa shape index (κ2) is 10.7. The predicted octanol–water partition coefficient (Wildman–Crippen LogP) is 0.760. The Morgan fingerprint density at radius 1 is 1.32 bits per heavy atom. The Kier molecular flexibility index (Phi) is 7.89. The van der Waals surface area contributed by atoms with Crippen LogP contribution >= 0.6 is 0 Å². The molecule has 2 amide bonds. The number of carbonyl (C=O) groups excluding carboxylic acids is 2. The standard InChI is InChI=1S/C21H27N5O7S/c1-12-10-22-24-18(12)26-11-15(34(31)32)9-17(26)19(27)23-16(20(28)29)8-13-4-6-14(7-5-13)33-21(30)25(2)3/h4-7,10,15-17H,8-9,11H2,1-3H3,(H,22,24)(H,23,27)(H,28,29)(H,31,32)/t15?,16-,17-/m0/s1. The van der Waals surface area contributed by atoms with E-state index in [0.29, 0.717) is 17.1 Å². The molecule has 0 radical (unpaired) electrons. The van der Waals surface area contributed by atoms with Crippen LogP contribution in [0.1, 0.15) is 17.5 Å². The van der Waals surface area contributed by atoms with Crippen molar-refractivity contribution in [2.45, 2.75) is 37.1 Å². The van der Waals surface area contributed by atoms with Gasteiger partial charge in [-0.15, -0.1) is 0 Å². The summed E-state index contributed by atoms with van der Waals surface area (Å²) in [6.07, 6.45) is 1.12. The molecule has 2 aromatic rings. The first-order valence-corrected chi connectivity index (χ1v) is 11.6. The predicted molar refractivity (Wildman–Crippen MR) is 123 cm³/mol. The van der Waals surface area contributed by atoms with Gasteiger partial charge in [0.05, 0.1) is 11.4 Å². The summed E-state index contributed by atoms with van der Waals surface area (Å²) in [4.78, 5) is 39.5. The number of aryl methyl sites for hydroxylation is 1. The lowest BCUT2D eigenvalue weighted by Crippen LogP contribution is -2.50. The van der Waals surface area contributed by atoms with Crippen LogP contribution in [0.15, 0.2) is 30.5 Å². The number of nitrogens with zero attached hydrogens (tertiary/aromatic N) is 3. The zero-order chi connectivity index (χ0) is 25.0. The molecule has 1 aliphatic heterocycles. The summed E-state index contributed by atoms with van der Waals surface area (Å²) in [5, 5.41) is 18.3. The molecule has 2 unspecified atom stereocenters. The van der Waals surface area contributed by atoms with Crippen molar-refractivity contribution in [3.05, 3.63) is 41.6 Å². The van der Waals surface area contributed by atoms with Gasteiger partial charge >= 0.3 is 12.1 Å². The van der Waals surface area contributed by atoms with Crippen LogP contribution < -0.4 is 15.0 Å². The number of rotatable bonds is 8. The smallest absolute Gasteiger partial charge is 0.414 e. The lowest BCUT2D eigenvalue weighted by Gasteiger charge is -2.26. The molecule has 3 rings (SSSR count). The lowest BCUT2D eigenvalue weighted by molar-refractivity contribution is -0.141. The van der Waals surface area contributed by atoms with E-state index in [0.717, 1.165) is 5.56 Å². The highest BCUT2D eigenvalue weighted by molar-refractivity contribution is 7.80. The van der Waals surface area contributed by atoms with Crippen molar-refractivity contribution in [2.24, 2.45) is 0 Å². The van der Waals surface area contributed by atoms with Gasteiger partial charge in [0.2, 0.25) is 5.91 Å². The number of amides is 2. The second-order valence-corrected chi connectivity index (χ2v) is 9.43. The Hall–Kier alpha value is -3.45. The van der Waals surface area contributed by atoms with E-state index >= 15 is 0 Å². The third-order valence-corrected chi connectivity index (χ3v) is 6.40. The van der Waals surface area contributed by atoms with Crippen LogP contribution in [0.3, 0.4) is 0 Å². The Morgan fingerprint density at radius 2 is 2.00 bits per heavy atom. The molecule has 0 bridgehead atoms. The third kappa shape index (κ3) is 5.91. The molecule has 1 aliphatic rings. The number of benzene rings is 1. The van der Waals surface area contributed by atoms with Crippen molar-refractivity contribution in [2.75, 3.05) is 25.5 Å². The number of carboxylic acid groups (broad SMARTS) is 1. The zero-order valence-electron chi connectivity index (χ0n) is 18.9. The monoisotopic (exact) mass is 493 g/mol. The van der Waals surface area contributed by atoms with Gasteiger partial charge in [0.1, 0.15) is 23.7 Å². The minimum Gasteiger partial charge on any atom is -0.480 e. The molecule has 34 heavy (non-hydrogen) atoms. The molecule has 13 heteroatoms. The van der Waals surface area contributed by atoms with Gasteiger partial charge in [-0.25, -0.2) is 13.8 Å². The fourth-order valence-electron chi connectivity index (χ4n) is 3.66. The number of aromatic nitrogens is 2. The highest BCUT2D eigenvalue weighted by Crippen LogP contribution is 2.29. The van der Waals surface area contributed by atoms with Crippen LogP contribution in [0.2, 0.25) is 0 Å². The molecule has 0 saturated carbocycles. The number of H-pyrrole nitrogens is 1. The summed E-state index contributed by atoms with van der Waals surface area (Å²) in [5.74, 6) is -0.937. The van der Waals surface area contributed by atoms with Gasteiger partial charge in [0.25, 0.3) is 0 Å². The summed E-state index contributed by atoms with van der Waals surface area (Å²) in [5.41, 5.74) is 1.37. The van der Waals surface area contributed by atoms with Gasteiger partial charge < -0.3 is 29.5 Å². The number of ether oxygens (including phenoxy) is 1. The number of anilines is 1. The van der Waals surface area contributed by atoms with Crippen molar-refractivity contribution >= 4 is 34.9 Å². The molecular formula is C21H27N5O7S. The Morgan fingerprint density at radius 3 is 2.53 bits per heavy atom. The topological polar surface area (TPSA) is 165 Å². The van der Waals surface area contributed by atoms with Crippen LogP contribution in [0.25, 0.3) is 0 Å². The molecule has 0 spiro atoms. The van der Waals surface area contributed by atoms with Crippen LogP contribution in [-0.4, -0.2) is 84.9 Å². The van der Waals surface area contributed by atoms with Gasteiger partial charge in [-0.2, -0.15) is 5.10 Å². The van der Waals surface area contributed by atoms with Crippen molar-refractivity contribution in [3.63, 3.8) is 0 Å². The Labute approximate surface area is 198 Å². The normalized spacial score (nSPS) is 19.4. The second-order valence-electron chi connectivity index (χ2n) is 8.21. The van der Waals surface area contributed by atoms with Crippen molar-refractivity contribution < 1.29 is 33.0 Å². The fraction of sp³-hybridized carbons (Fsp3) is 0.429.